The highest BCUT2D eigenvalue weighted by molar-refractivity contribution is 5.77. The van der Waals surface area contributed by atoms with Crippen LogP contribution in [0.5, 0.6) is 17.2 Å². The molecule has 0 aliphatic rings. The minimum atomic E-state index is -0.784. The van der Waals surface area contributed by atoms with E-state index < -0.39 is 17.1 Å². The van der Waals surface area contributed by atoms with Crippen LogP contribution in [0.3, 0.4) is 0 Å². The van der Waals surface area contributed by atoms with E-state index >= 15 is 0 Å². The predicted molar refractivity (Wildman–Crippen MR) is 112 cm³/mol. The standard InChI is InChI=1S/C22H25N3O6/c1-11-7-18(27)21(29)22(31-11)15(14-5-6-17(26)19(8-14)30-4)9-20(28)23-10-16-12(2)24-25-13(16)3/h5-8,15,26,29H,9-10H2,1-4H3,(H,23,28)(H,24,25). The summed E-state index contributed by atoms with van der Waals surface area (Å²) in [5.41, 5.74) is 2.48. The number of nitrogens with zero attached hydrogens (tertiary/aromatic N) is 1. The van der Waals surface area contributed by atoms with Crippen molar-refractivity contribution < 1.29 is 24.2 Å². The second kappa shape index (κ2) is 8.95. The highest BCUT2D eigenvalue weighted by atomic mass is 16.5. The van der Waals surface area contributed by atoms with Crippen molar-refractivity contribution in [2.75, 3.05) is 7.11 Å². The summed E-state index contributed by atoms with van der Waals surface area (Å²) in [7, 11) is 1.40. The van der Waals surface area contributed by atoms with Gasteiger partial charge in [0.2, 0.25) is 17.1 Å². The van der Waals surface area contributed by atoms with Gasteiger partial charge in [0, 0.05) is 30.3 Å². The Hall–Kier alpha value is -3.75. The highest BCUT2D eigenvalue weighted by Crippen LogP contribution is 2.37. The zero-order valence-electron chi connectivity index (χ0n) is 17.8. The van der Waals surface area contributed by atoms with Crippen LogP contribution < -0.4 is 15.5 Å². The molecule has 3 rings (SSSR count). The molecule has 1 amide bonds. The first kappa shape index (κ1) is 21.9. The number of aromatic nitrogens is 2. The monoisotopic (exact) mass is 427 g/mol. The topological polar surface area (TPSA) is 138 Å². The number of benzene rings is 1. The van der Waals surface area contributed by atoms with Crippen molar-refractivity contribution in [3.05, 3.63) is 68.5 Å². The van der Waals surface area contributed by atoms with E-state index in [4.69, 9.17) is 9.15 Å². The molecule has 1 unspecified atom stereocenters. The van der Waals surface area contributed by atoms with E-state index in [0.29, 0.717) is 11.3 Å². The second-order valence-corrected chi connectivity index (χ2v) is 7.31. The van der Waals surface area contributed by atoms with Gasteiger partial charge in [-0.3, -0.25) is 14.7 Å². The third-order valence-electron chi connectivity index (χ3n) is 5.13. The fraction of sp³-hybridized carbons (Fsp3) is 0.318. The van der Waals surface area contributed by atoms with Gasteiger partial charge in [-0.25, -0.2) is 0 Å². The second-order valence-electron chi connectivity index (χ2n) is 7.31. The number of ether oxygens (including phenoxy) is 1. The maximum absolute atomic E-state index is 12.8. The normalized spacial score (nSPS) is 11.9. The Morgan fingerprint density at radius 3 is 2.65 bits per heavy atom. The summed E-state index contributed by atoms with van der Waals surface area (Å²) < 4.78 is 10.8. The van der Waals surface area contributed by atoms with Gasteiger partial charge in [0.15, 0.2) is 17.3 Å². The van der Waals surface area contributed by atoms with E-state index in [1.54, 1.807) is 19.1 Å². The molecule has 0 fully saturated rings. The Kier molecular flexibility index (Phi) is 6.33. The number of aromatic amines is 1. The number of rotatable bonds is 7. The largest absolute Gasteiger partial charge is 0.504 e. The third kappa shape index (κ3) is 4.71. The molecule has 0 bridgehead atoms. The van der Waals surface area contributed by atoms with Gasteiger partial charge in [0.1, 0.15) is 5.76 Å². The zero-order chi connectivity index (χ0) is 22.7. The minimum absolute atomic E-state index is 0.0245. The average Bonchev–Trinajstić information content (AvgIpc) is 3.05. The quantitative estimate of drug-likeness (QED) is 0.455. The summed E-state index contributed by atoms with van der Waals surface area (Å²) in [6.07, 6.45) is -0.107. The number of amides is 1. The van der Waals surface area contributed by atoms with Crippen molar-refractivity contribution in [3.8, 4) is 17.2 Å². The minimum Gasteiger partial charge on any atom is -0.504 e. The maximum Gasteiger partial charge on any atom is 0.227 e. The molecule has 1 atom stereocenters. The third-order valence-corrected chi connectivity index (χ3v) is 5.13. The zero-order valence-corrected chi connectivity index (χ0v) is 17.8. The van der Waals surface area contributed by atoms with Crippen LogP contribution in [0.15, 0.2) is 33.5 Å². The number of hydrogen-bond donors (Lipinski definition) is 4. The van der Waals surface area contributed by atoms with Crippen LogP contribution >= 0.6 is 0 Å². The van der Waals surface area contributed by atoms with Crippen molar-refractivity contribution in [2.45, 2.75) is 39.7 Å². The lowest BCUT2D eigenvalue weighted by atomic mass is 9.91. The van der Waals surface area contributed by atoms with E-state index in [1.807, 2.05) is 13.8 Å². The van der Waals surface area contributed by atoms with Crippen molar-refractivity contribution >= 4 is 5.91 Å². The van der Waals surface area contributed by atoms with Crippen molar-refractivity contribution in [3.63, 3.8) is 0 Å². The summed E-state index contributed by atoms with van der Waals surface area (Å²) in [4.78, 5) is 24.9. The Bertz CT molecular complexity index is 1150. The fourth-order valence-corrected chi connectivity index (χ4v) is 3.41. The molecule has 9 nitrogen and oxygen atoms in total. The molecule has 9 heteroatoms. The predicted octanol–water partition coefficient (Wildman–Crippen LogP) is 2.55. The van der Waals surface area contributed by atoms with Crippen LogP contribution in [0.2, 0.25) is 0 Å². The van der Waals surface area contributed by atoms with Crippen molar-refractivity contribution in [1.82, 2.24) is 15.5 Å². The first-order chi connectivity index (χ1) is 14.7. The number of phenols is 1. The lowest BCUT2D eigenvalue weighted by Crippen LogP contribution is -2.26. The summed E-state index contributed by atoms with van der Waals surface area (Å²) in [5, 5.41) is 30.1. The molecule has 0 saturated heterocycles. The maximum atomic E-state index is 12.8. The Morgan fingerprint density at radius 2 is 2.00 bits per heavy atom. The molecule has 0 saturated carbocycles. The van der Waals surface area contributed by atoms with Crippen molar-refractivity contribution in [2.24, 2.45) is 0 Å². The Labute approximate surface area is 178 Å². The van der Waals surface area contributed by atoms with E-state index in [9.17, 15) is 19.8 Å². The van der Waals surface area contributed by atoms with Gasteiger partial charge in [-0.2, -0.15) is 5.10 Å². The van der Waals surface area contributed by atoms with E-state index in [-0.39, 0.29) is 36.1 Å². The molecule has 1 aromatic carbocycles. The molecule has 0 spiro atoms. The van der Waals surface area contributed by atoms with Crippen LogP contribution in [0.25, 0.3) is 0 Å². The van der Waals surface area contributed by atoms with E-state index in [2.05, 4.69) is 15.5 Å². The van der Waals surface area contributed by atoms with E-state index in [0.717, 1.165) is 17.0 Å². The molecule has 0 aliphatic carbocycles. The van der Waals surface area contributed by atoms with Gasteiger partial charge >= 0.3 is 0 Å². The molecule has 31 heavy (non-hydrogen) atoms. The van der Waals surface area contributed by atoms with Gasteiger partial charge in [0.05, 0.1) is 18.7 Å². The molecule has 3 aromatic rings. The number of hydrogen-bond acceptors (Lipinski definition) is 7. The van der Waals surface area contributed by atoms with Gasteiger partial charge in [-0.05, 0) is 38.5 Å². The first-order valence-electron chi connectivity index (χ1n) is 9.68. The smallest absolute Gasteiger partial charge is 0.227 e. The number of H-pyrrole nitrogens is 1. The van der Waals surface area contributed by atoms with Crippen LogP contribution in [0.4, 0.5) is 0 Å². The number of aromatic hydroxyl groups is 2. The molecule has 4 N–H and O–H groups in total. The Morgan fingerprint density at radius 1 is 1.26 bits per heavy atom. The molecule has 0 aliphatic heterocycles. The van der Waals surface area contributed by atoms with Crippen LogP contribution in [-0.4, -0.2) is 33.4 Å². The molecule has 164 valence electrons. The lowest BCUT2D eigenvalue weighted by Gasteiger charge is -2.19. The summed E-state index contributed by atoms with van der Waals surface area (Å²) in [6, 6.07) is 5.72. The van der Waals surface area contributed by atoms with Crippen LogP contribution in [0, 0.1) is 20.8 Å². The molecule has 2 aromatic heterocycles. The summed E-state index contributed by atoms with van der Waals surface area (Å²) in [5.74, 6) is -1.26. The van der Waals surface area contributed by atoms with Crippen LogP contribution in [0.1, 0.15) is 46.4 Å². The number of carbonyl (C=O) groups excluding carboxylic acids is 1. The van der Waals surface area contributed by atoms with Crippen molar-refractivity contribution in [1.29, 1.82) is 0 Å². The average molecular weight is 427 g/mol. The van der Waals surface area contributed by atoms with Gasteiger partial charge < -0.3 is 24.7 Å². The van der Waals surface area contributed by atoms with Gasteiger partial charge in [-0.15, -0.1) is 0 Å². The summed E-state index contributed by atoms with van der Waals surface area (Å²) >= 11 is 0. The number of aryl methyl sites for hydroxylation is 3. The van der Waals surface area contributed by atoms with Gasteiger partial charge in [-0.1, -0.05) is 6.07 Å². The van der Waals surface area contributed by atoms with E-state index in [1.165, 1.54) is 19.2 Å². The SMILES string of the molecule is COc1cc(C(CC(=O)NCc2c(C)n[nH]c2C)c2oc(C)cc(=O)c2O)ccc1O. The van der Waals surface area contributed by atoms with Crippen LogP contribution in [-0.2, 0) is 11.3 Å². The lowest BCUT2D eigenvalue weighted by molar-refractivity contribution is -0.121. The fourth-order valence-electron chi connectivity index (χ4n) is 3.41. The van der Waals surface area contributed by atoms with Gasteiger partial charge in [0.25, 0.3) is 0 Å². The molecule has 2 heterocycles. The highest BCUT2D eigenvalue weighted by Gasteiger charge is 2.27. The Balaban J connectivity index is 1.95. The number of methoxy groups -OCH3 is 1. The molecular formula is C22H25N3O6. The molecular weight excluding hydrogens is 402 g/mol. The molecule has 0 radical (unpaired) electrons. The number of nitrogens with one attached hydrogen (secondary N) is 2. The number of phenolic OH excluding ortho intramolecular Hbond substituents is 1. The summed E-state index contributed by atoms with van der Waals surface area (Å²) in [6.45, 7) is 5.58. The number of carbonyl (C=O) groups is 1. The first-order valence-corrected chi connectivity index (χ1v) is 9.68.